The summed E-state index contributed by atoms with van der Waals surface area (Å²) in [4.78, 5) is 36.7. The van der Waals surface area contributed by atoms with Crippen LogP contribution >= 0.6 is 0 Å². The molecule has 6 rings (SSSR count). The zero-order valence-electron chi connectivity index (χ0n) is 24.8. The van der Waals surface area contributed by atoms with Gasteiger partial charge in [0, 0.05) is 55.0 Å². The fourth-order valence-corrected chi connectivity index (χ4v) is 6.05. The molecule has 3 aliphatic rings. The van der Waals surface area contributed by atoms with Crippen LogP contribution < -0.4 is 26.0 Å². The Kier molecular flexibility index (Phi) is 8.38. The Labute approximate surface area is 255 Å². The van der Waals surface area contributed by atoms with Gasteiger partial charge in [-0.25, -0.2) is 13.8 Å². The number of carbonyl (C=O) groups is 2. The third-order valence-electron chi connectivity index (χ3n) is 8.87. The largest absolute Gasteiger partial charge is 0.490 e. The lowest BCUT2D eigenvalue weighted by molar-refractivity contribution is -0.0582. The number of carbonyl (C=O) groups excluding carboxylic acids is 2. The molecule has 4 N–H and O–H groups in total. The number of primary amides is 1. The van der Waals surface area contributed by atoms with E-state index in [-0.39, 0.29) is 42.5 Å². The maximum Gasteiger partial charge on any atom is 0.253 e. The van der Waals surface area contributed by atoms with Crippen molar-refractivity contribution in [3.05, 3.63) is 71.5 Å². The van der Waals surface area contributed by atoms with E-state index in [0.29, 0.717) is 47.4 Å². The average Bonchev–Trinajstić information content (AvgIpc) is 3.86. The van der Waals surface area contributed by atoms with E-state index in [9.17, 15) is 18.4 Å². The molecule has 2 atom stereocenters. The van der Waals surface area contributed by atoms with Crippen LogP contribution in [-0.2, 0) is 0 Å². The first-order valence-corrected chi connectivity index (χ1v) is 15.4. The minimum absolute atomic E-state index is 0.0534. The number of halogens is 2. The Hall–Kier alpha value is -4.28. The summed E-state index contributed by atoms with van der Waals surface area (Å²) in [6.07, 6.45) is 5.74. The first-order chi connectivity index (χ1) is 21.1. The summed E-state index contributed by atoms with van der Waals surface area (Å²) in [5.41, 5.74) is 8.18. The second-order valence-electron chi connectivity index (χ2n) is 12.2. The monoisotopic (exact) mass is 604 g/mol. The molecule has 0 radical (unpaired) electrons. The van der Waals surface area contributed by atoms with Gasteiger partial charge in [-0.05, 0) is 94.0 Å². The number of aromatic nitrogens is 2. The highest BCUT2D eigenvalue weighted by atomic mass is 19.3. The molecule has 44 heavy (non-hydrogen) atoms. The van der Waals surface area contributed by atoms with Gasteiger partial charge in [-0.3, -0.25) is 14.6 Å². The second kappa shape index (κ2) is 12.4. The number of anilines is 3. The highest BCUT2D eigenvalue weighted by Crippen LogP contribution is 2.39. The van der Waals surface area contributed by atoms with Crippen LogP contribution in [0.4, 0.5) is 26.1 Å². The number of benzene rings is 1. The predicted molar refractivity (Wildman–Crippen MR) is 164 cm³/mol. The van der Waals surface area contributed by atoms with Gasteiger partial charge in [0.25, 0.3) is 11.8 Å². The van der Waals surface area contributed by atoms with Crippen LogP contribution in [0, 0.1) is 0 Å². The van der Waals surface area contributed by atoms with E-state index in [1.54, 1.807) is 42.6 Å². The van der Waals surface area contributed by atoms with E-state index in [2.05, 4.69) is 27.4 Å². The lowest BCUT2D eigenvalue weighted by atomic mass is 9.94. The fraction of sp³-hybridized carbons (Fsp3) is 0.455. The molecule has 2 amide bonds. The number of alkyl halides is 2. The SMILES string of the molecule is C[C@@H]1[C@H](NC(=O)c2ccc(C3CC3)nc2)CCCN1c1ccc(C(N)=O)c(Nc2ccc(OC3CCC(F)(F)CC3)cc2)n1. The lowest BCUT2D eigenvalue weighted by Crippen LogP contribution is -2.54. The van der Waals surface area contributed by atoms with Crippen molar-refractivity contribution < 1.29 is 23.1 Å². The molecule has 0 unspecified atom stereocenters. The Bertz CT molecular complexity index is 1490. The van der Waals surface area contributed by atoms with Crippen molar-refractivity contribution in [3.63, 3.8) is 0 Å². The van der Waals surface area contributed by atoms with Gasteiger partial charge >= 0.3 is 0 Å². The van der Waals surface area contributed by atoms with Crippen LogP contribution in [0.3, 0.4) is 0 Å². The van der Waals surface area contributed by atoms with E-state index in [4.69, 9.17) is 15.5 Å². The van der Waals surface area contributed by atoms with Crippen LogP contribution in [0.2, 0.25) is 0 Å². The van der Waals surface area contributed by atoms with Gasteiger partial charge in [0.1, 0.15) is 17.4 Å². The molecule has 9 nitrogen and oxygen atoms in total. The van der Waals surface area contributed by atoms with Crippen molar-refractivity contribution in [2.45, 2.75) is 88.3 Å². The first-order valence-electron chi connectivity index (χ1n) is 15.4. The van der Waals surface area contributed by atoms with Gasteiger partial charge in [0.2, 0.25) is 5.92 Å². The predicted octanol–water partition coefficient (Wildman–Crippen LogP) is 5.94. The molecular weight excluding hydrogens is 566 g/mol. The summed E-state index contributed by atoms with van der Waals surface area (Å²) in [6, 6.07) is 14.2. The van der Waals surface area contributed by atoms with Crippen molar-refractivity contribution in [3.8, 4) is 5.75 Å². The van der Waals surface area contributed by atoms with Crippen molar-refractivity contribution in [1.82, 2.24) is 15.3 Å². The van der Waals surface area contributed by atoms with Gasteiger partial charge < -0.3 is 26.0 Å². The molecule has 0 bridgehead atoms. The highest BCUT2D eigenvalue weighted by molar-refractivity contribution is 5.98. The van der Waals surface area contributed by atoms with E-state index in [1.807, 2.05) is 12.1 Å². The quantitative estimate of drug-likeness (QED) is 0.276. The lowest BCUT2D eigenvalue weighted by Gasteiger charge is -2.40. The number of ether oxygens (including phenoxy) is 1. The summed E-state index contributed by atoms with van der Waals surface area (Å²) in [5, 5.41) is 6.39. The minimum Gasteiger partial charge on any atom is -0.490 e. The number of nitrogens with two attached hydrogens (primary N) is 1. The van der Waals surface area contributed by atoms with Crippen LogP contribution in [0.15, 0.2) is 54.7 Å². The number of pyridine rings is 2. The molecule has 1 aliphatic heterocycles. The second-order valence-corrected chi connectivity index (χ2v) is 12.2. The van der Waals surface area contributed by atoms with E-state index in [1.165, 1.54) is 0 Å². The molecule has 3 fully saturated rings. The number of hydrogen-bond acceptors (Lipinski definition) is 7. The number of rotatable bonds is 9. The van der Waals surface area contributed by atoms with Crippen molar-refractivity contribution >= 4 is 29.1 Å². The van der Waals surface area contributed by atoms with Gasteiger partial charge in [-0.15, -0.1) is 0 Å². The molecule has 2 aromatic heterocycles. The summed E-state index contributed by atoms with van der Waals surface area (Å²) in [7, 11) is 0. The van der Waals surface area contributed by atoms with E-state index >= 15 is 0 Å². The molecule has 1 aromatic carbocycles. The van der Waals surface area contributed by atoms with Crippen molar-refractivity contribution in [1.29, 1.82) is 0 Å². The van der Waals surface area contributed by atoms with Crippen LogP contribution in [0.25, 0.3) is 0 Å². The third kappa shape index (κ3) is 6.92. The van der Waals surface area contributed by atoms with Crippen LogP contribution in [0.1, 0.15) is 90.6 Å². The molecule has 0 spiro atoms. The molecular formula is C33H38F2N6O3. The number of nitrogens with one attached hydrogen (secondary N) is 2. The van der Waals surface area contributed by atoms with Crippen molar-refractivity contribution in [2.75, 3.05) is 16.8 Å². The summed E-state index contributed by atoms with van der Waals surface area (Å²) in [5.74, 6) is -1.26. The normalized spacial score (nSPS) is 21.8. The van der Waals surface area contributed by atoms with Gasteiger partial charge in [-0.1, -0.05) is 0 Å². The van der Waals surface area contributed by atoms with Gasteiger partial charge in [-0.2, -0.15) is 0 Å². The maximum atomic E-state index is 13.5. The van der Waals surface area contributed by atoms with Gasteiger partial charge in [0.15, 0.2) is 0 Å². The number of hydrogen-bond donors (Lipinski definition) is 3. The summed E-state index contributed by atoms with van der Waals surface area (Å²) in [6.45, 7) is 2.80. The maximum absolute atomic E-state index is 13.5. The van der Waals surface area contributed by atoms with Crippen LogP contribution in [0.5, 0.6) is 5.75 Å². The smallest absolute Gasteiger partial charge is 0.253 e. The fourth-order valence-electron chi connectivity index (χ4n) is 6.05. The highest BCUT2D eigenvalue weighted by Gasteiger charge is 2.36. The third-order valence-corrected chi connectivity index (χ3v) is 8.87. The molecule has 3 aromatic rings. The standard InChI is InChI=1S/C33H38F2N6O3/c1-20-27(39-32(43)22-6-12-28(37-19-22)21-4-5-21)3-2-18-41(20)29-13-11-26(30(36)42)31(40-29)38-23-7-9-24(10-8-23)44-25-14-16-33(34,35)17-15-25/h6-13,19-21,25,27H,2-5,14-18H2,1H3,(H2,36,42)(H,38,40)(H,39,43)/t20-,27-/m1/s1. The Morgan fingerprint density at radius 1 is 1.00 bits per heavy atom. The minimum atomic E-state index is -2.60. The molecule has 2 aliphatic carbocycles. The van der Waals surface area contributed by atoms with Crippen LogP contribution in [-0.4, -0.2) is 52.4 Å². The molecule has 3 heterocycles. The molecule has 1 saturated heterocycles. The number of piperidine rings is 1. The zero-order valence-corrected chi connectivity index (χ0v) is 24.8. The van der Waals surface area contributed by atoms with Gasteiger partial charge in [0.05, 0.1) is 17.2 Å². The first kappa shape index (κ1) is 29.8. The summed E-state index contributed by atoms with van der Waals surface area (Å²) >= 11 is 0. The summed E-state index contributed by atoms with van der Waals surface area (Å²) < 4.78 is 32.9. The topological polar surface area (TPSA) is 122 Å². The zero-order chi connectivity index (χ0) is 30.8. The van der Waals surface area contributed by atoms with E-state index < -0.39 is 11.8 Å². The molecule has 232 valence electrons. The molecule has 2 saturated carbocycles. The number of nitrogens with zero attached hydrogens (tertiary/aromatic N) is 3. The Balaban J connectivity index is 1.12. The average molecular weight is 605 g/mol. The van der Waals surface area contributed by atoms with Crippen molar-refractivity contribution in [2.24, 2.45) is 5.73 Å². The Morgan fingerprint density at radius 3 is 2.41 bits per heavy atom. The molecule has 11 heteroatoms. The van der Waals surface area contributed by atoms with E-state index in [0.717, 1.165) is 37.9 Å². The Morgan fingerprint density at radius 2 is 1.75 bits per heavy atom. The number of amides is 2.